The number of benzene rings is 1. The van der Waals surface area contributed by atoms with E-state index in [2.05, 4.69) is 9.80 Å². The van der Waals surface area contributed by atoms with Crippen molar-refractivity contribution in [2.75, 3.05) is 26.7 Å². The SMILES string of the molecule is COc1ccc(CN2CC[C@H]3[C@H](CCC(=O)N3CC3CCCCC3)C2)c(O)c1. The quantitative estimate of drug-likeness (QED) is 0.836. The van der Waals surface area contributed by atoms with E-state index in [1.54, 1.807) is 13.2 Å². The van der Waals surface area contributed by atoms with Gasteiger partial charge in [0.1, 0.15) is 11.5 Å². The lowest BCUT2D eigenvalue weighted by molar-refractivity contribution is -0.142. The molecular weight excluding hydrogens is 352 g/mol. The zero-order valence-electron chi connectivity index (χ0n) is 17.1. The maximum Gasteiger partial charge on any atom is 0.222 e. The van der Waals surface area contributed by atoms with Gasteiger partial charge in [-0.2, -0.15) is 0 Å². The van der Waals surface area contributed by atoms with Gasteiger partial charge in [0.05, 0.1) is 7.11 Å². The Labute approximate surface area is 168 Å². The molecule has 4 rings (SSSR count). The van der Waals surface area contributed by atoms with Gasteiger partial charge >= 0.3 is 0 Å². The number of amides is 1. The minimum absolute atomic E-state index is 0.305. The number of likely N-dealkylation sites (tertiary alicyclic amines) is 2. The topological polar surface area (TPSA) is 53.0 Å². The third-order valence-electron chi connectivity index (χ3n) is 7.09. The van der Waals surface area contributed by atoms with E-state index < -0.39 is 0 Å². The third kappa shape index (κ3) is 4.29. The van der Waals surface area contributed by atoms with E-state index in [0.717, 1.165) is 44.6 Å². The van der Waals surface area contributed by atoms with Crippen LogP contribution >= 0.6 is 0 Å². The number of phenolic OH excluding ortho intramolecular Hbond substituents is 1. The first kappa shape index (κ1) is 19.6. The molecule has 1 aromatic carbocycles. The van der Waals surface area contributed by atoms with Crippen LogP contribution in [0.25, 0.3) is 0 Å². The number of hydrogen-bond donors (Lipinski definition) is 1. The minimum Gasteiger partial charge on any atom is -0.507 e. The molecule has 28 heavy (non-hydrogen) atoms. The number of ether oxygens (including phenoxy) is 1. The van der Waals surface area contributed by atoms with E-state index in [-0.39, 0.29) is 0 Å². The van der Waals surface area contributed by atoms with Crippen LogP contribution in [-0.2, 0) is 11.3 Å². The fourth-order valence-corrected chi connectivity index (χ4v) is 5.50. The molecule has 1 saturated carbocycles. The van der Waals surface area contributed by atoms with E-state index in [1.807, 2.05) is 12.1 Å². The molecule has 2 atom stereocenters. The largest absolute Gasteiger partial charge is 0.507 e. The van der Waals surface area contributed by atoms with Crippen molar-refractivity contribution in [2.45, 2.75) is 64.0 Å². The lowest BCUT2D eigenvalue weighted by Crippen LogP contribution is -2.56. The molecule has 0 radical (unpaired) electrons. The van der Waals surface area contributed by atoms with Gasteiger partial charge in [0.2, 0.25) is 5.91 Å². The number of carbonyl (C=O) groups excluding carboxylic acids is 1. The highest BCUT2D eigenvalue weighted by Gasteiger charge is 2.40. The van der Waals surface area contributed by atoms with Gasteiger partial charge < -0.3 is 14.7 Å². The van der Waals surface area contributed by atoms with Gasteiger partial charge in [-0.25, -0.2) is 0 Å². The summed E-state index contributed by atoms with van der Waals surface area (Å²) >= 11 is 0. The van der Waals surface area contributed by atoms with Crippen molar-refractivity contribution in [3.63, 3.8) is 0 Å². The van der Waals surface area contributed by atoms with Gasteiger partial charge in [0, 0.05) is 50.3 Å². The molecule has 0 unspecified atom stereocenters. The van der Waals surface area contributed by atoms with Gasteiger partial charge in [-0.15, -0.1) is 0 Å². The highest BCUT2D eigenvalue weighted by atomic mass is 16.5. The van der Waals surface area contributed by atoms with Crippen LogP contribution < -0.4 is 4.74 Å². The first-order chi connectivity index (χ1) is 13.6. The van der Waals surface area contributed by atoms with Crippen molar-refractivity contribution in [1.29, 1.82) is 0 Å². The van der Waals surface area contributed by atoms with Gasteiger partial charge in [-0.3, -0.25) is 9.69 Å². The summed E-state index contributed by atoms with van der Waals surface area (Å²) in [6, 6.07) is 5.98. The van der Waals surface area contributed by atoms with Crippen molar-refractivity contribution >= 4 is 5.91 Å². The second-order valence-corrected chi connectivity index (χ2v) is 8.93. The normalized spacial score (nSPS) is 26.9. The molecule has 0 spiro atoms. The first-order valence-electron chi connectivity index (χ1n) is 11.0. The molecule has 1 amide bonds. The van der Waals surface area contributed by atoms with E-state index in [4.69, 9.17) is 4.74 Å². The van der Waals surface area contributed by atoms with E-state index in [9.17, 15) is 9.90 Å². The number of carbonyl (C=O) groups is 1. The molecule has 1 N–H and O–H groups in total. The zero-order valence-corrected chi connectivity index (χ0v) is 17.1. The molecule has 1 aliphatic carbocycles. The second kappa shape index (κ2) is 8.73. The van der Waals surface area contributed by atoms with Gasteiger partial charge in [0.25, 0.3) is 0 Å². The van der Waals surface area contributed by atoms with Crippen molar-refractivity contribution in [1.82, 2.24) is 9.80 Å². The Morgan fingerprint density at radius 1 is 1.14 bits per heavy atom. The molecule has 0 aromatic heterocycles. The molecule has 0 bridgehead atoms. The van der Waals surface area contributed by atoms with E-state index in [0.29, 0.717) is 41.7 Å². The van der Waals surface area contributed by atoms with Crippen LogP contribution in [0.4, 0.5) is 0 Å². The maximum atomic E-state index is 12.7. The molecule has 1 aromatic rings. The summed E-state index contributed by atoms with van der Waals surface area (Å²) < 4.78 is 5.18. The summed E-state index contributed by atoms with van der Waals surface area (Å²) in [7, 11) is 1.61. The Balaban J connectivity index is 1.38. The predicted molar refractivity (Wildman–Crippen MR) is 109 cm³/mol. The number of methoxy groups -OCH3 is 1. The summed E-state index contributed by atoms with van der Waals surface area (Å²) in [4.78, 5) is 17.4. The first-order valence-corrected chi connectivity index (χ1v) is 11.0. The summed E-state index contributed by atoms with van der Waals surface area (Å²) in [6.07, 6.45) is 9.39. The van der Waals surface area contributed by atoms with Crippen molar-refractivity contribution in [3.8, 4) is 11.5 Å². The fraction of sp³-hybridized carbons (Fsp3) is 0.696. The number of phenols is 1. The Hall–Kier alpha value is -1.75. The summed E-state index contributed by atoms with van der Waals surface area (Å²) in [6.45, 7) is 3.75. The Morgan fingerprint density at radius 3 is 2.71 bits per heavy atom. The van der Waals surface area contributed by atoms with Crippen molar-refractivity contribution < 1.29 is 14.6 Å². The van der Waals surface area contributed by atoms with E-state index >= 15 is 0 Å². The smallest absolute Gasteiger partial charge is 0.222 e. The minimum atomic E-state index is 0.305. The van der Waals surface area contributed by atoms with Crippen LogP contribution in [0.15, 0.2) is 18.2 Å². The van der Waals surface area contributed by atoms with Gasteiger partial charge in [-0.1, -0.05) is 25.3 Å². The molecule has 154 valence electrons. The van der Waals surface area contributed by atoms with E-state index in [1.165, 1.54) is 32.1 Å². The van der Waals surface area contributed by atoms with Crippen molar-refractivity contribution in [3.05, 3.63) is 23.8 Å². The number of rotatable bonds is 5. The van der Waals surface area contributed by atoms with Crippen LogP contribution in [0.2, 0.25) is 0 Å². The summed E-state index contributed by atoms with van der Waals surface area (Å²) in [5.74, 6) is 2.65. The van der Waals surface area contributed by atoms with Crippen LogP contribution in [0, 0.1) is 11.8 Å². The molecule has 3 fully saturated rings. The molecule has 2 saturated heterocycles. The lowest BCUT2D eigenvalue weighted by Gasteiger charge is -2.48. The van der Waals surface area contributed by atoms with Crippen LogP contribution in [-0.4, -0.2) is 53.6 Å². The molecule has 5 heteroatoms. The highest BCUT2D eigenvalue weighted by molar-refractivity contribution is 5.77. The standard InChI is InChI=1S/C23H34N2O3/c1-28-20-9-7-19(22(26)13-20)16-24-12-11-21-18(15-24)8-10-23(27)25(21)14-17-5-3-2-4-6-17/h7,9,13,17-18,21,26H,2-6,8,10-12,14-16H2,1H3/t18-,21+/m1/s1. The maximum absolute atomic E-state index is 12.7. The number of piperidine rings is 2. The molecule has 5 nitrogen and oxygen atoms in total. The average molecular weight is 387 g/mol. The number of aromatic hydroxyl groups is 1. The third-order valence-corrected chi connectivity index (χ3v) is 7.09. The Morgan fingerprint density at radius 2 is 1.96 bits per heavy atom. The Kier molecular flexibility index (Phi) is 6.10. The Bertz CT molecular complexity index is 686. The van der Waals surface area contributed by atoms with Crippen molar-refractivity contribution in [2.24, 2.45) is 11.8 Å². The van der Waals surface area contributed by atoms with Crippen LogP contribution in [0.1, 0.15) is 56.9 Å². The molecule has 2 aliphatic heterocycles. The highest BCUT2D eigenvalue weighted by Crippen LogP contribution is 2.35. The molecule has 3 aliphatic rings. The summed E-state index contributed by atoms with van der Waals surface area (Å²) in [5, 5.41) is 10.3. The number of hydrogen-bond acceptors (Lipinski definition) is 4. The average Bonchev–Trinajstić information content (AvgIpc) is 2.72. The number of nitrogens with zero attached hydrogens (tertiary/aromatic N) is 2. The van der Waals surface area contributed by atoms with Crippen LogP contribution in [0.3, 0.4) is 0 Å². The predicted octanol–water partition coefficient (Wildman–Crippen LogP) is 3.79. The second-order valence-electron chi connectivity index (χ2n) is 8.93. The van der Waals surface area contributed by atoms with Gasteiger partial charge in [-0.05, 0) is 43.6 Å². The van der Waals surface area contributed by atoms with Crippen LogP contribution in [0.5, 0.6) is 11.5 Å². The lowest BCUT2D eigenvalue weighted by atomic mass is 9.81. The van der Waals surface area contributed by atoms with Gasteiger partial charge in [0.15, 0.2) is 0 Å². The summed E-state index contributed by atoms with van der Waals surface area (Å²) in [5.41, 5.74) is 0.949. The zero-order chi connectivity index (χ0) is 19.5. The fourth-order valence-electron chi connectivity index (χ4n) is 5.50. The number of fused-ring (bicyclic) bond motifs is 1. The monoisotopic (exact) mass is 386 g/mol. The molecule has 2 heterocycles. The molecular formula is C23H34N2O3.